The first kappa shape index (κ1) is 20.1. The minimum atomic E-state index is -0.524. The second-order valence-corrected chi connectivity index (χ2v) is 8.23. The Morgan fingerprint density at radius 2 is 1.96 bits per heavy atom. The molecular weight excluding hydrogens is 374 g/mol. The van der Waals surface area contributed by atoms with Crippen molar-refractivity contribution < 1.29 is 9.59 Å². The van der Waals surface area contributed by atoms with E-state index in [2.05, 4.69) is 15.0 Å². The highest BCUT2D eigenvalue weighted by Gasteiger charge is 2.23. The van der Waals surface area contributed by atoms with Crippen molar-refractivity contribution in [2.75, 3.05) is 10.6 Å². The Balaban J connectivity index is 1.78. The van der Waals surface area contributed by atoms with Gasteiger partial charge in [-0.2, -0.15) is 4.37 Å². The number of nitrogens with two attached hydrogens (primary N) is 2. The van der Waals surface area contributed by atoms with Gasteiger partial charge in [0.05, 0.1) is 16.9 Å². The van der Waals surface area contributed by atoms with E-state index in [1.807, 2.05) is 13.0 Å². The van der Waals surface area contributed by atoms with Gasteiger partial charge in [-0.1, -0.05) is 32.1 Å². The molecule has 1 saturated carbocycles. The number of benzene rings is 1. The maximum Gasteiger partial charge on any atom is 0.250 e. The van der Waals surface area contributed by atoms with Crippen molar-refractivity contribution >= 4 is 39.7 Å². The third-order valence-corrected chi connectivity index (χ3v) is 5.94. The largest absolute Gasteiger partial charge is 0.374 e. The van der Waals surface area contributed by atoms with Gasteiger partial charge in [0.2, 0.25) is 5.91 Å². The van der Waals surface area contributed by atoms with Crippen molar-refractivity contribution in [2.24, 2.45) is 17.4 Å². The summed E-state index contributed by atoms with van der Waals surface area (Å²) in [5, 5.41) is 7.25. The average molecular weight is 402 g/mol. The third-order valence-electron chi connectivity index (χ3n) is 5.15. The zero-order valence-corrected chi connectivity index (χ0v) is 16.8. The SMILES string of the molecule is Cc1cc(Nc2cc(N[C@H](CC3CCCCC3)C(N)=O)ccc2C(N)=O)sn1. The molecule has 1 fully saturated rings. The lowest BCUT2D eigenvalue weighted by atomic mass is 9.84. The van der Waals surface area contributed by atoms with Gasteiger partial charge in [0.1, 0.15) is 11.0 Å². The monoisotopic (exact) mass is 401 g/mol. The molecule has 0 spiro atoms. The number of aromatic nitrogens is 1. The fourth-order valence-corrected chi connectivity index (χ4v) is 4.39. The Labute approximate surface area is 169 Å². The van der Waals surface area contributed by atoms with Crippen molar-refractivity contribution in [3.05, 3.63) is 35.5 Å². The fourth-order valence-electron chi connectivity index (χ4n) is 3.71. The molecule has 2 aromatic rings. The van der Waals surface area contributed by atoms with Crippen LogP contribution in [0.2, 0.25) is 0 Å². The number of carbonyl (C=O) groups excluding carboxylic acids is 2. The lowest BCUT2D eigenvalue weighted by Gasteiger charge is -2.26. The van der Waals surface area contributed by atoms with E-state index >= 15 is 0 Å². The quantitative estimate of drug-likeness (QED) is 0.539. The molecule has 28 heavy (non-hydrogen) atoms. The van der Waals surface area contributed by atoms with Gasteiger partial charge in [0, 0.05) is 5.69 Å². The summed E-state index contributed by atoms with van der Waals surface area (Å²) in [5.41, 5.74) is 13.7. The molecule has 1 atom stereocenters. The number of hydrogen-bond acceptors (Lipinski definition) is 6. The molecule has 1 aromatic carbocycles. The molecule has 3 rings (SSSR count). The lowest BCUT2D eigenvalue weighted by Crippen LogP contribution is -2.37. The smallest absolute Gasteiger partial charge is 0.250 e. The lowest BCUT2D eigenvalue weighted by molar-refractivity contribution is -0.119. The molecule has 2 amide bonds. The Morgan fingerprint density at radius 3 is 2.57 bits per heavy atom. The van der Waals surface area contributed by atoms with Crippen LogP contribution in [-0.2, 0) is 4.79 Å². The number of carbonyl (C=O) groups is 2. The van der Waals surface area contributed by atoms with E-state index in [0.717, 1.165) is 30.0 Å². The summed E-state index contributed by atoms with van der Waals surface area (Å²) in [6.45, 7) is 1.90. The number of nitrogens with zero attached hydrogens (tertiary/aromatic N) is 1. The van der Waals surface area contributed by atoms with Crippen LogP contribution in [-0.4, -0.2) is 22.2 Å². The topological polar surface area (TPSA) is 123 Å². The maximum atomic E-state index is 12.0. The Bertz CT molecular complexity index is 845. The van der Waals surface area contributed by atoms with Gasteiger partial charge < -0.3 is 22.1 Å². The summed E-state index contributed by atoms with van der Waals surface area (Å²) in [7, 11) is 0. The van der Waals surface area contributed by atoms with Gasteiger partial charge in [-0.25, -0.2) is 0 Å². The number of rotatable bonds is 8. The van der Waals surface area contributed by atoms with E-state index in [4.69, 9.17) is 11.5 Å². The van der Waals surface area contributed by atoms with Crippen LogP contribution in [0.15, 0.2) is 24.3 Å². The molecule has 1 aromatic heterocycles. The summed E-state index contributed by atoms with van der Waals surface area (Å²) in [5.74, 6) is -0.373. The van der Waals surface area contributed by atoms with Crippen molar-refractivity contribution in [3.63, 3.8) is 0 Å². The van der Waals surface area contributed by atoms with Gasteiger partial charge in [-0.05, 0) is 55.1 Å². The van der Waals surface area contributed by atoms with Crippen LogP contribution in [0.3, 0.4) is 0 Å². The fraction of sp³-hybridized carbons (Fsp3) is 0.450. The normalized spacial score (nSPS) is 15.8. The number of anilines is 3. The molecule has 0 radical (unpaired) electrons. The summed E-state index contributed by atoms with van der Waals surface area (Å²) in [6, 6.07) is 6.64. The van der Waals surface area contributed by atoms with Gasteiger partial charge >= 0.3 is 0 Å². The van der Waals surface area contributed by atoms with Crippen molar-refractivity contribution in [1.29, 1.82) is 0 Å². The van der Waals surface area contributed by atoms with Crippen LogP contribution in [0, 0.1) is 12.8 Å². The predicted octanol–water partition coefficient (Wildman–Crippen LogP) is 3.53. The van der Waals surface area contributed by atoms with Crippen LogP contribution in [0.1, 0.15) is 54.6 Å². The molecule has 150 valence electrons. The summed E-state index contributed by atoms with van der Waals surface area (Å²) < 4.78 is 4.23. The van der Waals surface area contributed by atoms with E-state index in [1.165, 1.54) is 30.8 Å². The molecule has 1 aliphatic carbocycles. The third kappa shape index (κ3) is 5.22. The molecule has 0 aliphatic heterocycles. The Kier molecular flexibility index (Phi) is 6.51. The number of amides is 2. The Morgan fingerprint density at radius 1 is 1.21 bits per heavy atom. The number of primary amides is 2. The predicted molar refractivity (Wildman–Crippen MR) is 113 cm³/mol. The van der Waals surface area contributed by atoms with E-state index in [9.17, 15) is 9.59 Å². The molecular formula is C20H27N5O2S. The van der Waals surface area contributed by atoms with Gasteiger partial charge in [0.25, 0.3) is 5.91 Å². The first-order chi connectivity index (χ1) is 13.4. The molecule has 0 unspecified atom stereocenters. The minimum Gasteiger partial charge on any atom is -0.374 e. The first-order valence-corrected chi connectivity index (χ1v) is 10.4. The zero-order valence-electron chi connectivity index (χ0n) is 16.0. The van der Waals surface area contributed by atoms with Crippen molar-refractivity contribution in [3.8, 4) is 0 Å². The van der Waals surface area contributed by atoms with Crippen LogP contribution < -0.4 is 22.1 Å². The van der Waals surface area contributed by atoms with E-state index < -0.39 is 11.9 Å². The number of hydrogen-bond donors (Lipinski definition) is 4. The zero-order chi connectivity index (χ0) is 20.1. The first-order valence-electron chi connectivity index (χ1n) is 9.62. The van der Waals surface area contributed by atoms with E-state index in [-0.39, 0.29) is 5.91 Å². The number of nitrogens with one attached hydrogen (secondary N) is 2. The second-order valence-electron chi connectivity index (χ2n) is 7.42. The highest BCUT2D eigenvalue weighted by molar-refractivity contribution is 7.10. The average Bonchev–Trinajstić information content (AvgIpc) is 3.06. The standard InChI is InChI=1S/C20H27N5O2S/c1-12-9-18(28-25-12)24-16-11-14(7-8-15(16)19(21)26)23-17(20(22)27)10-13-5-3-2-4-6-13/h7-9,11,13,17,23-24H,2-6,10H2,1H3,(H2,21,26)(H2,22,27)/t17-/m1/s1. The molecule has 1 heterocycles. The van der Waals surface area contributed by atoms with Gasteiger partial charge in [-0.3, -0.25) is 9.59 Å². The molecule has 0 bridgehead atoms. The summed E-state index contributed by atoms with van der Waals surface area (Å²) >= 11 is 1.30. The molecule has 8 heteroatoms. The van der Waals surface area contributed by atoms with Crippen molar-refractivity contribution in [1.82, 2.24) is 4.37 Å². The highest BCUT2D eigenvalue weighted by atomic mass is 32.1. The van der Waals surface area contributed by atoms with Crippen LogP contribution in [0.4, 0.5) is 16.4 Å². The van der Waals surface area contributed by atoms with E-state index in [1.54, 1.807) is 18.2 Å². The van der Waals surface area contributed by atoms with Crippen LogP contribution in [0.5, 0.6) is 0 Å². The number of aryl methyl sites for hydroxylation is 1. The van der Waals surface area contributed by atoms with Gasteiger partial charge in [-0.15, -0.1) is 0 Å². The van der Waals surface area contributed by atoms with E-state index in [0.29, 0.717) is 22.9 Å². The summed E-state index contributed by atoms with van der Waals surface area (Å²) in [4.78, 5) is 23.8. The Hall–Kier alpha value is -2.61. The van der Waals surface area contributed by atoms with Crippen molar-refractivity contribution in [2.45, 2.75) is 51.5 Å². The maximum absolute atomic E-state index is 12.0. The second kappa shape index (κ2) is 9.05. The van der Waals surface area contributed by atoms with Crippen LogP contribution >= 0.6 is 11.5 Å². The molecule has 6 N–H and O–H groups in total. The van der Waals surface area contributed by atoms with Gasteiger partial charge in [0.15, 0.2) is 0 Å². The molecule has 7 nitrogen and oxygen atoms in total. The molecule has 1 aliphatic rings. The highest BCUT2D eigenvalue weighted by Crippen LogP contribution is 2.30. The minimum absolute atomic E-state index is 0.364. The van der Waals surface area contributed by atoms with Crippen LogP contribution in [0.25, 0.3) is 0 Å². The summed E-state index contributed by atoms with van der Waals surface area (Å²) in [6.07, 6.45) is 6.71. The molecule has 0 saturated heterocycles.